The molecular weight excluding hydrogens is 1140 g/mol. The van der Waals surface area contributed by atoms with Crippen LogP contribution in [0.1, 0.15) is 332 Å². The molecular formula is C71H170N16O2S. The fourth-order valence-electron chi connectivity index (χ4n) is 0.871. The lowest BCUT2D eigenvalue weighted by atomic mass is 10.2. The van der Waals surface area contributed by atoms with Crippen molar-refractivity contribution in [2.24, 2.45) is 71.0 Å². The van der Waals surface area contributed by atoms with Crippen LogP contribution in [0.5, 0.6) is 0 Å². The minimum absolute atomic E-state index is 0. The van der Waals surface area contributed by atoms with E-state index in [2.05, 4.69) is 340 Å². The fourth-order valence-corrected chi connectivity index (χ4v) is 1.14. The van der Waals surface area contributed by atoms with Crippen LogP contribution >= 0.6 is 11.3 Å². The summed E-state index contributed by atoms with van der Waals surface area (Å²) in [7, 11) is 0. The predicted octanol–water partition coefficient (Wildman–Crippen LogP) is 25.6. The maximum absolute atomic E-state index is 4.36. The van der Waals surface area contributed by atoms with Gasteiger partial charge in [-0.05, 0) is 71.0 Å². The lowest BCUT2D eigenvalue weighted by molar-refractivity contribution is 0.416. The van der Waals surface area contributed by atoms with Crippen LogP contribution < -0.4 is 0 Å². The number of aromatic amines is 3. The van der Waals surface area contributed by atoms with Gasteiger partial charge in [-0.15, -0.1) is 41.9 Å². The molecule has 3 N–H and O–H groups in total. The number of nitrogens with one attached hydrogen (secondary N) is 3. The van der Waals surface area contributed by atoms with Crippen LogP contribution in [0.4, 0.5) is 0 Å². The Morgan fingerprint density at radius 1 is 0.322 bits per heavy atom. The predicted molar refractivity (Wildman–Crippen MR) is 410 cm³/mol. The van der Waals surface area contributed by atoms with E-state index in [1.165, 1.54) is 94.4 Å². The Balaban J connectivity index is -0.0000000380. The van der Waals surface area contributed by atoms with Gasteiger partial charge in [0, 0.05) is 0 Å². The third kappa shape index (κ3) is 406. The molecule has 6 aromatic rings. The first-order chi connectivity index (χ1) is 39.0. The van der Waals surface area contributed by atoms with Gasteiger partial charge < -0.3 is 8.94 Å². The largest absolute Gasteiger partial charge is 0.431 e. The van der Waals surface area contributed by atoms with Gasteiger partial charge in [0.05, 0.1) is 12.4 Å². The van der Waals surface area contributed by atoms with Crippen molar-refractivity contribution in [1.82, 2.24) is 81.8 Å². The van der Waals surface area contributed by atoms with Gasteiger partial charge in [-0.1, -0.05) is 343 Å². The molecule has 0 aliphatic heterocycles. The highest BCUT2D eigenvalue weighted by molar-refractivity contribution is 7.07. The Kier molecular flexibility index (Phi) is 192. The summed E-state index contributed by atoms with van der Waals surface area (Å²) in [6.45, 7) is 78.9. The smallest absolute Gasteiger partial charge is 0.213 e. The van der Waals surface area contributed by atoms with Crippen molar-refractivity contribution in [3.8, 4) is 0 Å². The van der Waals surface area contributed by atoms with Gasteiger partial charge in [0.2, 0.25) is 19.2 Å². The number of hydrogen-bond donors (Lipinski definition) is 3. The molecule has 0 radical (unpaired) electrons. The third-order valence-electron chi connectivity index (χ3n) is 6.68. The monoisotopic (exact) mass is 1310 g/mol. The van der Waals surface area contributed by atoms with Crippen LogP contribution in [0.15, 0.2) is 76.8 Å². The molecule has 6 rings (SSSR count). The first kappa shape index (κ1) is 134. The van der Waals surface area contributed by atoms with Gasteiger partial charge in [0.15, 0.2) is 12.7 Å². The average Bonchev–Trinajstić information content (AvgIpc) is 4.26. The fraction of sp³-hybridized carbons (Fsp3) is 0.845. The number of H-pyrrole nitrogens is 3. The van der Waals surface area contributed by atoms with E-state index in [0.29, 0.717) is 0 Å². The Labute approximate surface area is 570 Å². The second-order valence-corrected chi connectivity index (χ2v) is 25.5. The van der Waals surface area contributed by atoms with Crippen molar-refractivity contribution in [3.05, 3.63) is 67.9 Å². The molecule has 18 nitrogen and oxygen atoms in total. The zero-order chi connectivity index (χ0) is 68.4. The van der Waals surface area contributed by atoms with Crippen molar-refractivity contribution in [3.63, 3.8) is 0 Å². The highest BCUT2D eigenvalue weighted by atomic mass is 32.1. The molecule has 0 amide bonds. The van der Waals surface area contributed by atoms with Gasteiger partial charge in [-0.25, -0.2) is 9.97 Å². The van der Waals surface area contributed by atoms with Gasteiger partial charge in [0.25, 0.3) is 0 Å². The Morgan fingerprint density at radius 3 is 0.667 bits per heavy atom. The number of tetrazole rings is 1. The zero-order valence-corrected chi connectivity index (χ0v) is 62.9. The number of rotatable bonds is 6. The summed E-state index contributed by atoms with van der Waals surface area (Å²) in [5.74, 6) is 10.3. The zero-order valence-electron chi connectivity index (χ0n) is 62.1. The van der Waals surface area contributed by atoms with E-state index < -0.39 is 0 Å². The molecule has 6 aromatic heterocycles. The highest BCUT2D eigenvalue weighted by Crippen LogP contribution is 1.97. The molecule has 552 valence electrons. The molecule has 0 bridgehead atoms. The van der Waals surface area contributed by atoms with Gasteiger partial charge in [0.1, 0.15) is 23.7 Å². The summed E-state index contributed by atoms with van der Waals surface area (Å²) >= 11 is 1.49. The van der Waals surface area contributed by atoms with Crippen molar-refractivity contribution in [1.29, 1.82) is 0 Å². The summed E-state index contributed by atoms with van der Waals surface area (Å²) < 4.78 is 8.58. The van der Waals surface area contributed by atoms with E-state index in [1.54, 1.807) is 23.4 Å². The first-order valence-electron chi connectivity index (χ1n) is 31.3. The van der Waals surface area contributed by atoms with Gasteiger partial charge in [-0.3, -0.25) is 5.10 Å². The standard InChI is InChI=1S/6C5H12.6C4H10.2C2H3N3.2C2H2N2O.C2H2N2S.CH2N4.6CH4/c6*1-4-5(2)3;6*1-4(2)3;1-3-2-5-4-1;1-2-4-5-3-1;1-3-4-2-5-1;1-3-2-5-4-1;1-3-4-2-5-1;1-2-4-5-3-1;;;;;;/h6*5H,4H2,1-3H3;6*4H,1-3H3;2*1-2H,(H,3,4,5);3*1-2H;1H,(H,2,3,4,5);6*1H4. The number of aromatic nitrogens is 16. The summed E-state index contributed by atoms with van der Waals surface area (Å²) in [4.78, 5) is 7.00. The number of nitrogens with zero attached hydrogens (tertiary/aromatic N) is 13. The lowest BCUT2D eigenvalue weighted by Crippen LogP contribution is -1.77. The van der Waals surface area contributed by atoms with E-state index in [4.69, 9.17) is 0 Å². The van der Waals surface area contributed by atoms with Crippen LogP contribution in [0.25, 0.3) is 0 Å². The Hall–Kier alpha value is -4.81. The number of hydrogen-bond acceptors (Lipinski definition) is 16. The van der Waals surface area contributed by atoms with Crippen molar-refractivity contribution < 1.29 is 8.94 Å². The van der Waals surface area contributed by atoms with Crippen molar-refractivity contribution in [2.75, 3.05) is 0 Å². The Bertz CT molecular complexity index is 1150. The maximum atomic E-state index is 4.36. The van der Waals surface area contributed by atoms with Crippen molar-refractivity contribution in [2.45, 2.75) is 332 Å². The quantitative estimate of drug-likeness (QED) is 0.140. The third-order valence-corrected chi connectivity index (χ3v) is 7.11. The molecule has 0 aliphatic carbocycles. The molecule has 6 heterocycles. The molecule has 0 unspecified atom stereocenters. The lowest BCUT2D eigenvalue weighted by Gasteiger charge is -1.90. The normalized spacial score (nSPS) is 8.27. The summed E-state index contributed by atoms with van der Waals surface area (Å²) in [6, 6.07) is 0. The maximum Gasteiger partial charge on any atom is 0.213 e. The topological polar surface area (TPSA) is 241 Å². The highest BCUT2D eigenvalue weighted by Gasteiger charge is 1.83. The summed E-state index contributed by atoms with van der Waals surface area (Å²) in [5, 5.41) is 44.3. The molecule has 0 saturated carbocycles. The molecule has 0 aromatic carbocycles. The second kappa shape index (κ2) is 129. The van der Waals surface area contributed by atoms with Crippen LogP contribution in [-0.2, 0) is 0 Å². The molecule has 0 saturated heterocycles. The molecule has 0 aliphatic rings. The van der Waals surface area contributed by atoms with E-state index in [9.17, 15) is 0 Å². The first-order valence-corrected chi connectivity index (χ1v) is 32.3. The second-order valence-electron chi connectivity index (χ2n) is 24.8. The minimum atomic E-state index is 0. The van der Waals surface area contributed by atoms with Gasteiger partial charge >= 0.3 is 0 Å². The SMILES string of the molecule is C.C.C.C.C.C.CC(C)C.CC(C)C.CC(C)C.CC(C)C.CC(C)C.CC(C)C.CCC(C)C.CCC(C)C.CCC(C)C.CCC(C)C.CCC(C)C.CCC(C)C.c1cn[nH]n1.c1nc[nH]n1.c1ncon1.c1nn[nH]n1.c1nnco1.c1nncs1. The van der Waals surface area contributed by atoms with Gasteiger partial charge in [-0.2, -0.15) is 25.7 Å². The van der Waals surface area contributed by atoms with E-state index in [1.807, 2.05) is 0 Å². The molecule has 0 fully saturated rings. The van der Waals surface area contributed by atoms with Crippen LogP contribution in [0.2, 0.25) is 0 Å². The summed E-state index contributed by atoms with van der Waals surface area (Å²) in [5.41, 5.74) is 3.36. The van der Waals surface area contributed by atoms with E-state index in [0.717, 1.165) is 71.0 Å². The summed E-state index contributed by atoms with van der Waals surface area (Å²) in [6.07, 6.45) is 20.4. The van der Waals surface area contributed by atoms with Crippen LogP contribution in [0.3, 0.4) is 0 Å². The minimum Gasteiger partial charge on any atom is -0.431 e. The molecule has 90 heavy (non-hydrogen) atoms. The molecule has 0 atom stereocenters. The van der Waals surface area contributed by atoms with E-state index in [-0.39, 0.29) is 44.6 Å². The average molecular weight is 1310 g/mol. The van der Waals surface area contributed by atoms with Crippen LogP contribution in [0, 0.1) is 71.0 Å². The van der Waals surface area contributed by atoms with Crippen LogP contribution in [-0.4, -0.2) is 81.8 Å². The van der Waals surface area contributed by atoms with Crippen molar-refractivity contribution >= 4 is 11.3 Å². The molecule has 0 spiro atoms. The Morgan fingerprint density at radius 2 is 0.600 bits per heavy atom. The molecule has 19 heteroatoms. The van der Waals surface area contributed by atoms with E-state index >= 15 is 0 Å².